The molecule has 1 N–H and O–H groups in total. The zero-order valence-corrected chi connectivity index (χ0v) is 10.4. The van der Waals surface area contributed by atoms with Crippen LogP contribution in [0.5, 0.6) is 0 Å². The molecule has 0 spiro atoms. The summed E-state index contributed by atoms with van der Waals surface area (Å²) in [6, 6.07) is 4.48. The van der Waals surface area contributed by atoms with E-state index in [-0.39, 0.29) is 0 Å². The second-order valence-corrected chi connectivity index (χ2v) is 4.33. The van der Waals surface area contributed by atoms with E-state index in [0.29, 0.717) is 18.6 Å². The normalized spacial score (nSPS) is 14.8. The lowest BCUT2D eigenvalue weighted by atomic mass is 10.1. The third-order valence-corrected chi connectivity index (χ3v) is 2.94. The van der Waals surface area contributed by atoms with E-state index in [2.05, 4.69) is 29.4 Å². The van der Waals surface area contributed by atoms with Crippen LogP contribution >= 0.6 is 0 Å². The van der Waals surface area contributed by atoms with Gasteiger partial charge in [-0.3, -0.25) is 4.68 Å². The molecule has 0 saturated heterocycles. The zero-order chi connectivity index (χ0) is 12.3. The predicted molar refractivity (Wildman–Crippen MR) is 64.5 cm³/mol. The van der Waals surface area contributed by atoms with Crippen molar-refractivity contribution in [2.75, 3.05) is 0 Å². The van der Waals surface area contributed by atoms with Gasteiger partial charge in [0.15, 0.2) is 5.76 Å². The monoisotopic (exact) mass is 234 g/mol. The summed E-state index contributed by atoms with van der Waals surface area (Å²) in [5, 5.41) is 11.5. The summed E-state index contributed by atoms with van der Waals surface area (Å²) in [5.74, 6) is 0.863. The fraction of sp³-hybridized carbons (Fsp3) is 0.500. The molecule has 2 rings (SSSR count). The molecular weight excluding hydrogens is 216 g/mol. The van der Waals surface area contributed by atoms with Crippen molar-refractivity contribution < 1.29 is 4.52 Å². The highest BCUT2D eigenvalue weighted by atomic mass is 16.5. The average Bonchev–Trinajstić information content (AvgIpc) is 2.95. The Morgan fingerprint density at radius 2 is 2.29 bits per heavy atom. The van der Waals surface area contributed by atoms with Gasteiger partial charge >= 0.3 is 0 Å². The van der Waals surface area contributed by atoms with Gasteiger partial charge < -0.3 is 9.84 Å². The SMILES string of the molecule is Cc1cc(CN[C@H](C)[C@H](C)n2cccn2)on1. The van der Waals surface area contributed by atoms with E-state index >= 15 is 0 Å². The highest BCUT2D eigenvalue weighted by Gasteiger charge is 2.14. The van der Waals surface area contributed by atoms with E-state index < -0.39 is 0 Å². The van der Waals surface area contributed by atoms with E-state index in [1.807, 2.05) is 29.9 Å². The topological polar surface area (TPSA) is 55.9 Å². The first-order valence-electron chi connectivity index (χ1n) is 5.81. The fourth-order valence-corrected chi connectivity index (χ4v) is 1.68. The Hall–Kier alpha value is -1.62. The summed E-state index contributed by atoms with van der Waals surface area (Å²) in [5.41, 5.74) is 0.912. The van der Waals surface area contributed by atoms with E-state index in [1.54, 1.807) is 6.20 Å². The number of nitrogens with one attached hydrogen (secondary N) is 1. The molecule has 2 atom stereocenters. The molecule has 0 saturated carbocycles. The van der Waals surface area contributed by atoms with Gasteiger partial charge in [-0.2, -0.15) is 5.10 Å². The van der Waals surface area contributed by atoms with E-state index in [1.165, 1.54) is 0 Å². The standard InChI is InChI=1S/C12H18N4O/c1-9-7-12(17-15-9)8-13-10(2)11(3)16-6-4-5-14-16/h4-7,10-11,13H,8H2,1-3H3/t10-,11+/m1/s1. The summed E-state index contributed by atoms with van der Waals surface area (Å²) in [6.45, 7) is 6.88. The second-order valence-electron chi connectivity index (χ2n) is 4.33. The lowest BCUT2D eigenvalue weighted by Crippen LogP contribution is -2.33. The molecular formula is C12H18N4O. The van der Waals surface area contributed by atoms with Gasteiger partial charge in [0.2, 0.25) is 0 Å². The third-order valence-electron chi connectivity index (χ3n) is 2.94. The van der Waals surface area contributed by atoms with Crippen molar-refractivity contribution in [1.82, 2.24) is 20.3 Å². The average molecular weight is 234 g/mol. The molecule has 0 aliphatic heterocycles. The molecule has 2 aromatic heterocycles. The molecule has 0 radical (unpaired) electrons. The fourth-order valence-electron chi connectivity index (χ4n) is 1.68. The minimum Gasteiger partial charge on any atom is -0.360 e. The van der Waals surface area contributed by atoms with Crippen molar-refractivity contribution in [3.05, 3.63) is 36.0 Å². The summed E-state index contributed by atoms with van der Waals surface area (Å²) in [7, 11) is 0. The Balaban J connectivity index is 1.87. The molecule has 17 heavy (non-hydrogen) atoms. The van der Waals surface area contributed by atoms with Crippen molar-refractivity contribution >= 4 is 0 Å². The van der Waals surface area contributed by atoms with Crippen LogP contribution < -0.4 is 5.32 Å². The summed E-state index contributed by atoms with van der Waals surface area (Å²) >= 11 is 0. The zero-order valence-electron chi connectivity index (χ0n) is 10.4. The quantitative estimate of drug-likeness (QED) is 0.858. The van der Waals surface area contributed by atoms with Crippen LogP contribution in [0.1, 0.15) is 31.3 Å². The van der Waals surface area contributed by atoms with Crippen LogP contribution in [-0.2, 0) is 6.54 Å². The van der Waals surface area contributed by atoms with Crippen molar-refractivity contribution in [3.63, 3.8) is 0 Å². The summed E-state index contributed by atoms with van der Waals surface area (Å²) in [6.07, 6.45) is 3.77. The molecule has 0 amide bonds. The predicted octanol–water partition coefficient (Wildman–Crippen LogP) is 1.92. The van der Waals surface area contributed by atoms with Gasteiger partial charge in [0.1, 0.15) is 0 Å². The van der Waals surface area contributed by atoms with Gasteiger partial charge in [-0.1, -0.05) is 5.16 Å². The van der Waals surface area contributed by atoms with E-state index in [4.69, 9.17) is 4.52 Å². The number of nitrogens with zero attached hydrogens (tertiary/aromatic N) is 3. The van der Waals surface area contributed by atoms with Crippen LogP contribution in [0.4, 0.5) is 0 Å². The molecule has 5 heteroatoms. The number of aryl methyl sites for hydroxylation is 1. The van der Waals surface area contributed by atoms with Crippen molar-refractivity contribution in [2.45, 2.75) is 39.4 Å². The lowest BCUT2D eigenvalue weighted by molar-refractivity contribution is 0.328. The minimum absolute atomic E-state index is 0.300. The molecule has 0 aromatic carbocycles. The van der Waals surface area contributed by atoms with Crippen molar-refractivity contribution in [2.24, 2.45) is 0 Å². The second kappa shape index (κ2) is 5.14. The largest absolute Gasteiger partial charge is 0.360 e. The Morgan fingerprint density at radius 3 is 2.88 bits per heavy atom. The van der Waals surface area contributed by atoms with E-state index in [9.17, 15) is 0 Å². The Morgan fingerprint density at radius 1 is 1.47 bits per heavy atom. The molecule has 92 valence electrons. The van der Waals surface area contributed by atoms with Gasteiger partial charge in [0.25, 0.3) is 0 Å². The molecule has 0 bridgehead atoms. The number of aromatic nitrogens is 3. The Labute approximate surface area is 101 Å². The van der Waals surface area contributed by atoms with Crippen molar-refractivity contribution in [1.29, 1.82) is 0 Å². The maximum atomic E-state index is 5.15. The van der Waals surface area contributed by atoms with Crippen LogP contribution in [0.2, 0.25) is 0 Å². The smallest absolute Gasteiger partial charge is 0.150 e. The minimum atomic E-state index is 0.300. The Bertz CT molecular complexity index is 449. The summed E-state index contributed by atoms with van der Waals surface area (Å²) < 4.78 is 7.10. The molecule has 2 heterocycles. The first-order valence-corrected chi connectivity index (χ1v) is 5.81. The molecule has 5 nitrogen and oxygen atoms in total. The number of hydrogen-bond donors (Lipinski definition) is 1. The third kappa shape index (κ3) is 2.94. The van der Waals surface area contributed by atoms with Crippen LogP contribution in [-0.4, -0.2) is 21.0 Å². The maximum absolute atomic E-state index is 5.15. The molecule has 2 aromatic rings. The lowest BCUT2D eigenvalue weighted by Gasteiger charge is -2.21. The highest BCUT2D eigenvalue weighted by Crippen LogP contribution is 2.10. The Kier molecular flexibility index (Phi) is 3.58. The molecule has 0 aliphatic carbocycles. The van der Waals surface area contributed by atoms with Crippen LogP contribution in [0.25, 0.3) is 0 Å². The van der Waals surface area contributed by atoms with Gasteiger partial charge in [-0.05, 0) is 26.8 Å². The van der Waals surface area contributed by atoms with Crippen LogP contribution in [0.15, 0.2) is 29.0 Å². The molecule has 0 unspecified atom stereocenters. The van der Waals surface area contributed by atoms with Gasteiger partial charge in [-0.15, -0.1) is 0 Å². The van der Waals surface area contributed by atoms with Crippen LogP contribution in [0, 0.1) is 6.92 Å². The van der Waals surface area contributed by atoms with Gasteiger partial charge in [0.05, 0.1) is 18.3 Å². The highest BCUT2D eigenvalue weighted by molar-refractivity contribution is 5.02. The van der Waals surface area contributed by atoms with Gasteiger partial charge in [0, 0.05) is 24.5 Å². The first kappa shape index (κ1) is 11.9. The number of hydrogen-bond acceptors (Lipinski definition) is 4. The van der Waals surface area contributed by atoms with Gasteiger partial charge in [-0.25, -0.2) is 0 Å². The maximum Gasteiger partial charge on any atom is 0.150 e. The van der Waals surface area contributed by atoms with Crippen LogP contribution in [0.3, 0.4) is 0 Å². The number of rotatable bonds is 5. The van der Waals surface area contributed by atoms with Crippen molar-refractivity contribution in [3.8, 4) is 0 Å². The molecule has 0 aliphatic rings. The summed E-state index contributed by atoms with van der Waals surface area (Å²) in [4.78, 5) is 0. The first-order chi connectivity index (χ1) is 8.16. The molecule has 0 fully saturated rings. The van der Waals surface area contributed by atoms with E-state index in [0.717, 1.165) is 11.5 Å².